The Balaban J connectivity index is 1.33. The normalized spacial score (nSPS) is 19.2. The first-order valence-electron chi connectivity index (χ1n) is 13.6. The van der Waals surface area contributed by atoms with Crippen LogP contribution >= 0.6 is 0 Å². The number of hydrogen-bond acceptors (Lipinski definition) is 4. The van der Waals surface area contributed by atoms with Crippen LogP contribution < -0.4 is 5.73 Å². The van der Waals surface area contributed by atoms with Gasteiger partial charge in [-0.3, -0.25) is 4.90 Å². The van der Waals surface area contributed by atoms with Gasteiger partial charge in [0.15, 0.2) is 0 Å². The van der Waals surface area contributed by atoms with E-state index < -0.39 is 6.17 Å². The third kappa shape index (κ3) is 4.61. The number of fused-ring (bicyclic) bond motifs is 1. The van der Waals surface area contributed by atoms with E-state index in [2.05, 4.69) is 72.7 Å². The summed E-state index contributed by atoms with van der Waals surface area (Å²) in [6, 6.07) is 21.2. The van der Waals surface area contributed by atoms with Crippen molar-refractivity contribution in [1.82, 2.24) is 14.8 Å². The Morgan fingerprint density at radius 2 is 1.71 bits per heavy atom. The van der Waals surface area contributed by atoms with Crippen molar-refractivity contribution in [2.24, 2.45) is 5.73 Å². The molecule has 1 aliphatic carbocycles. The molecule has 2 fully saturated rings. The van der Waals surface area contributed by atoms with Crippen LogP contribution in [0.25, 0.3) is 34.2 Å². The monoisotopic (exact) mass is 506 g/mol. The molecule has 3 aromatic rings. The molecule has 3 aliphatic rings. The topological polar surface area (TPSA) is 45.4 Å². The minimum Gasteiger partial charge on any atom is -0.321 e. The van der Waals surface area contributed by atoms with Gasteiger partial charge in [0.1, 0.15) is 6.17 Å². The maximum absolute atomic E-state index is 13.6. The highest BCUT2D eigenvalue weighted by molar-refractivity contribution is 5.87. The molecule has 0 bridgehead atoms. The van der Waals surface area contributed by atoms with Crippen molar-refractivity contribution in [3.63, 3.8) is 0 Å². The fraction of sp³-hybridized carbons (Fsp3) is 0.303. The van der Waals surface area contributed by atoms with E-state index in [4.69, 9.17) is 10.7 Å². The molecule has 0 unspecified atom stereocenters. The van der Waals surface area contributed by atoms with Crippen LogP contribution in [0.2, 0.25) is 0 Å². The molecular formula is C33H35FN4. The van der Waals surface area contributed by atoms with Crippen LogP contribution in [-0.2, 0) is 5.54 Å². The molecule has 2 aliphatic heterocycles. The Morgan fingerprint density at radius 1 is 1.00 bits per heavy atom. The molecule has 0 amide bonds. The lowest BCUT2D eigenvalue weighted by Crippen LogP contribution is -2.43. The molecule has 3 heterocycles. The Labute approximate surface area is 225 Å². The van der Waals surface area contributed by atoms with E-state index in [0.29, 0.717) is 19.4 Å². The van der Waals surface area contributed by atoms with Crippen molar-refractivity contribution < 1.29 is 4.39 Å². The fourth-order valence-electron chi connectivity index (χ4n) is 5.80. The van der Waals surface area contributed by atoms with Crippen LogP contribution in [0.5, 0.6) is 0 Å². The summed E-state index contributed by atoms with van der Waals surface area (Å²) >= 11 is 0. The van der Waals surface area contributed by atoms with Crippen LogP contribution in [-0.4, -0.2) is 40.6 Å². The maximum Gasteiger partial charge on any atom is 0.103 e. The summed E-state index contributed by atoms with van der Waals surface area (Å²) in [5, 5.41) is 0. The number of benzene rings is 2. The van der Waals surface area contributed by atoms with E-state index in [9.17, 15) is 4.39 Å². The molecule has 2 N–H and O–H groups in total. The number of piperidine rings is 1. The molecule has 38 heavy (non-hydrogen) atoms. The molecule has 6 rings (SSSR count). The van der Waals surface area contributed by atoms with Crippen LogP contribution in [0, 0.1) is 0 Å². The molecule has 1 aromatic heterocycles. The smallest absolute Gasteiger partial charge is 0.103 e. The van der Waals surface area contributed by atoms with Gasteiger partial charge in [0.25, 0.3) is 0 Å². The Kier molecular flexibility index (Phi) is 6.50. The molecule has 1 saturated carbocycles. The van der Waals surface area contributed by atoms with Crippen molar-refractivity contribution in [3.8, 4) is 22.4 Å². The number of likely N-dealkylation sites (tertiary alicyclic amines) is 1. The lowest BCUT2D eigenvalue weighted by atomic mass is 9.72. The van der Waals surface area contributed by atoms with E-state index >= 15 is 0 Å². The van der Waals surface area contributed by atoms with Gasteiger partial charge in [-0.15, -0.1) is 0 Å². The number of pyridine rings is 1. The summed E-state index contributed by atoms with van der Waals surface area (Å²) in [5.74, 6) is 0. The third-order valence-corrected chi connectivity index (χ3v) is 8.36. The zero-order chi connectivity index (χ0) is 26.3. The van der Waals surface area contributed by atoms with E-state index in [1.54, 1.807) is 0 Å². The summed E-state index contributed by atoms with van der Waals surface area (Å²) < 4.78 is 13.6. The van der Waals surface area contributed by atoms with Gasteiger partial charge in [0.05, 0.1) is 11.4 Å². The molecule has 0 radical (unpaired) electrons. The predicted octanol–water partition coefficient (Wildman–Crippen LogP) is 6.96. The lowest BCUT2D eigenvalue weighted by Gasteiger charge is -2.38. The average Bonchev–Trinajstić information content (AvgIpc) is 2.93. The summed E-state index contributed by atoms with van der Waals surface area (Å²) in [4.78, 5) is 9.48. The van der Waals surface area contributed by atoms with Gasteiger partial charge in [-0.05, 0) is 55.4 Å². The van der Waals surface area contributed by atoms with E-state index in [1.807, 2.05) is 23.2 Å². The highest BCUT2D eigenvalue weighted by atomic mass is 19.1. The number of nitrogens with two attached hydrogens (primary N) is 1. The molecule has 0 spiro atoms. The molecule has 5 heteroatoms. The van der Waals surface area contributed by atoms with E-state index in [0.717, 1.165) is 71.0 Å². The van der Waals surface area contributed by atoms with Gasteiger partial charge in [0, 0.05) is 59.5 Å². The van der Waals surface area contributed by atoms with Crippen molar-refractivity contribution in [2.75, 3.05) is 19.6 Å². The van der Waals surface area contributed by atoms with Crippen LogP contribution in [0.1, 0.15) is 48.9 Å². The highest BCUT2D eigenvalue weighted by Gasteiger charge is 2.34. The number of rotatable bonds is 6. The Bertz CT molecular complexity index is 1380. The Morgan fingerprint density at radius 3 is 2.37 bits per heavy atom. The standard InChI is InChI=1S/C33H35FN4/c1-23(22-37-18-13-28(34)14-19-37)38-20-15-31-29(24(38)2)21-30(25-7-4-3-5-8-25)32(36-31)26-9-11-27(12-10-26)33(35)16-6-17-33/h3-5,7-12,15,20-21,28H,1-2,6,13-14,16-19,22,35H2. The zero-order valence-corrected chi connectivity index (χ0v) is 21.9. The first kappa shape index (κ1) is 24.8. The third-order valence-electron chi connectivity index (χ3n) is 8.36. The zero-order valence-electron chi connectivity index (χ0n) is 21.9. The summed E-state index contributed by atoms with van der Waals surface area (Å²) in [5.41, 5.74) is 15.5. The van der Waals surface area contributed by atoms with E-state index in [1.165, 1.54) is 12.0 Å². The largest absolute Gasteiger partial charge is 0.321 e. The second-order valence-electron chi connectivity index (χ2n) is 10.9. The summed E-state index contributed by atoms with van der Waals surface area (Å²) in [7, 11) is 0. The second kappa shape index (κ2) is 9.97. The number of nitrogens with zero attached hydrogens (tertiary/aromatic N) is 3. The fourth-order valence-corrected chi connectivity index (χ4v) is 5.80. The minimum atomic E-state index is -0.682. The SMILES string of the molecule is C=C(CN1CCC(F)CC1)N1C=Cc2nc(-c3ccc(C4(N)CCC4)cc3)c(-c3ccccc3)cc2C1=C. The van der Waals surface area contributed by atoms with Gasteiger partial charge in [0.2, 0.25) is 0 Å². The predicted molar refractivity (Wildman–Crippen MR) is 154 cm³/mol. The first-order chi connectivity index (χ1) is 18.4. The van der Waals surface area contributed by atoms with Crippen LogP contribution in [0.3, 0.4) is 0 Å². The maximum atomic E-state index is 13.6. The van der Waals surface area contributed by atoms with Gasteiger partial charge in [-0.1, -0.05) is 67.8 Å². The summed E-state index contributed by atoms with van der Waals surface area (Å²) in [6.07, 6.45) is 7.83. The van der Waals surface area contributed by atoms with Crippen molar-refractivity contribution in [3.05, 3.63) is 103 Å². The van der Waals surface area contributed by atoms with Gasteiger partial charge < -0.3 is 10.6 Å². The minimum absolute atomic E-state index is 0.182. The molecule has 4 nitrogen and oxygen atoms in total. The molecule has 194 valence electrons. The highest BCUT2D eigenvalue weighted by Crippen LogP contribution is 2.41. The van der Waals surface area contributed by atoms with Crippen LogP contribution in [0.4, 0.5) is 4.39 Å². The lowest BCUT2D eigenvalue weighted by molar-refractivity contribution is 0.156. The molecular weight excluding hydrogens is 471 g/mol. The number of halogens is 1. The second-order valence-corrected chi connectivity index (χ2v) is 10.9. The first-order valence-corrected chi connectivity index (χ1v) is 13.6. The number of alkyl halides is 1. The van der Waals surface area contributed by atoms with Crippen molar-refractivity contribution in [2.45, 2.75) is 43.8 Å². The van der Waals surface area contributed by atoms with Gasteiger partial charge >= 0.3 is 0 Å². The summed E-state index contributed by atoms with van der Waals surface area (Å²) in [6.45, 7) is 11.0. The van der Waals surface area contributed by atoms with Crippen molar-refractivity contribution in [1.29, 1.82) is 0 Å². The van der Waals surface area contributed by atoms with Crippen molar-refractivity contribution >= 4 is 11.8 Å². The van der Waals surface area contributed by atoms with Gasteiger partial charge in [-0.25, -0.2) is 9.37 Å². The number of aromatic nitrogens is 1. The molecule has 2 aromatic carbocycles. The van der Waals surface area contributed by atoms with E-state index in [-0.39, 0.29) is 5.54 Å². The average molecular weight is 507 g/mol. The van der Waals surface area contributed by atoms with Gasteiger partial charge in [-0.2, -0.15) is 0 Å². The number of hydrogen-bond donors (Lipinski definition) is 1. The Hall–Kier alpha value is -3.54. The quantitative estimate of drug-likeness (QED) is 0.393. The van der Waals surface area contributed by atoms with Crippen LogP contribution in [0.15, 0.2) is 85.7 Å². The molecule has 1 saturated heterocycles. The molecule has 0 atom stereocenters.